The fraction of sp³-hybridized carbons (Fsp3) is 0. The Hall–Kier alpha value is -3.32. The van der Waals surface area contributed by atoms with E-state index in [1.807, 2.05) is 36.4 Å². The predicted molar refractivity (Wildman–Crippen MR) is 98.2 cm³/mol. The first-order valence-electron chi connectivity index (χ1n) is 7.46. The minimum atomic E-state index is -0.527. The molecule has 3 aromatic carbocycles. The van der Waals surface area contributed by atoms with Crippen LogP contribution < -0.4 is 5.32 Å². The van der Waals surface area contributed by atoms with Crippen molar-refractivity contribution in [3.8, 4) is 0 Å². The number of non-ortho nitro benzene ring substituents is 1. The van der Waals surface area contributed by atoms with E-state index in [2.05, 4.69) is 10.3 Å². The van der Waals surface area contributed by atoms with Gasteiger partial charge in [-0.15, -0.1) is 0 Å². The largest absolute Gasteiger partial charge is 0.298 e. The third-order valence-corrected chi connectivity index (χ3v) is 4.84. The molecule has 0 fully saturated rings. The summed E-state index contributed by atoms with van der Waals surface area (Å²) in [5.74, 6) is -0.424. The minimum Gasteiger partial charge on any atom is -0.298 e. The van der Waals surface area contributed by atoms with Crippen molar-refractivity contribution in [2.45, 2.75) is 0 Å². The smallest absolute Gasteiger partial charge is 0.270 e. The fourth-order valence-electron chi connectivity index (χ4n) is 2.64. The van der Waals surface area contributed by atoms with Gasteiger partial charge in [0.25, 0.3) is 11.6 Å². The van der Waals surface area contributed by atoms with Gasteiger partial charge in [0, 0.05) is 23.1 Å². The number of aromatic nitrogens is 1. The lowest BCUT2D eigenvalue weighted by Gasteiger charge is -2.01. The van der Waals surface area contributed by atoms with Gasteiger partial charge >= 0.3 is 0 Å². The van der Waals surface area contributed by atoms with Crippen LogP contribution in [0.1, 0.15) is 10.4 Å². The van der Waals surface area contributed by atoms with Crippen LogP contribution in [0.25, 0.3) is 21.0 Å². The molecule has 0 spiro atoms. The second-order valence-corrected chi connectivity index (χ2v) is 6.41. The van der Waals surface area contributed by atoms with Crippen LogP contribution in [-0.2, 0) is 0 Å². The van der Waals surface area contributed by atoms with Gasteiger partial charge in [-0.1, -0.05) is 47.7 Å². The van der Waals surface area contributed by atoms with Gasteiger partial charge in [0.15, 0.2) is 5.13 Å². The number of nitro benzene ring substituents is 1. The molecule has 122 valence electrons. The van der Waals surface area contributed by atoms with Gasteiger partial charge in [-0.2, -0.15) is 0 Å². The molecule has 0 radical (unpaired) electrons. The second-order valence-electron chi connectivity index (χ2n) is 5.42. The molecule has 25 heavy (non-hydrogen) atoms. The monoisotopic (exact) mass is 349 g/mol. The maximum Gasteiger partial charge on any atom is 0.270 e. The lowest BCUT2D eigenvalue weighted by atomic mass is 10.1. The van der Waals surface area contributed by atoms with Crippen molar-refractivity contribution in [1.29, 1.82) is 0 Å². The molecule has 0 aliphatic carbocycles. The number of nitrogens with zero attached hydrogens (tertiary/aromatic N) is 2. The fourth-order valence-corrected chi connectivity index (χ4v) is 3.63. The highest BCUT2D eigenvalue weighted by atomic mass is 32.1. The van der Waals surface area contributed by atoms with E-state index in [1.54, 1.807) is 0 Å². The van der Waals surface area contributed by atoms with E-state index < -0.39 is 10.8 Å². The Morgan fingerprint density at radius 3 is 2.76 bits per heavy atom. The van der Waals surface area contributed by atoms with Crippen molar-refractivity contribution in [2.75, 3.05) is 5.32 Å². The van der Waals surface area contributed by atoms with Gasteiger partial charge in [0.2, 0.25) is 0 Å². The molecule has 6 nitrogen and oxygen atoms in total. The van der Waals surface area contributed by atoms with E-state index in [-0.39, 0.29) is 11.3 Å². The number of carbonyl (C=O) groups is 1. The molecule has 0 unspecified atom stereocenters. The number of hydrogen-bond donors (Lipinski definition) is 1. The first-order valence-corrected chi connectivity index (χ1v) is 8.27. The average molecular weight is 349 g/mol. The SMILES string of the molecule is O=C(Nc1nc2ccc3ccccc3c2s1)c1cccc([N+](=O)[O-])c1. The number of hydrogen-bond acceptors (Lipinski definition) is 5. The summed E-state index contributed by atoms with van der Waals surface area (Å²) in [6.07, 6.45) is 0. The van der Waals surface area contributed by atoms with Crippen molar-refractivity contribution in [2.24, 2.45) is 0 Å². The Labute approximate surface area is 145 Å². The Kier molecular flexibility index (Phi) is 3.62. The zero-order chi connectivity index (χ0) is 17.4. The molecular formula is C18H11N3O3S. The number of thiazole rings is 1. The standard InChI is InChI=1S/C18H11N3O3S/c22-17(12-5-3-6-13(10-12)21(23)24)20-18-19-15-9-8-11-4-1-2-7-14(11)16(15)25-18/h1-10H,(H,19,20,22). The van der Waals surface area contributed by atoms with Crippen LogP contribution >= 0.6 is 11.3 Å². The number of nitro groups is 1. The molecule has 0 aliphatic heterocycles. The predicted octanol–water partition coefficient (Wildman–Crippen LogP) is 4.61. The second kappa shape index (κ2) is 5.95. The van der Waals surface area contributed by atoms with Crippen LogP contribution in [0.2, 0.25) is 0 Å². The molecular weight excluding hydrogens is 338 g/mol. The van der Waals surface area contributed by atoms with Crippen LogP contribution in [0.3, 0.4) is 0 Å². The number of amides is 1. The summed E-state index contributed by atoms with van der Waals surface area (Å²) < 4.78 is 0.993. The lowest BCUT2D eigenvalue weighted by Crippen LogP contribution is -2.11. The number of fused-ring (bicyclic) bond motifs is 3. The van der Waals surface area contributed by atoms with E-state index in [9.17, 15) is 14.9 Å². The van der Waals surface area contributed by atoms with Crippen LogP contribution in [0, 0.1) is 10.1 Å². The quantitative estimate of drug-likeness (QED) is 0.432. The summed E-state index contributed by atoms with van der Waals surface area (Å²) in [6, 6.07) is 17.5. The van der Waals surface area contributed by atoms with E-state index in [0.29, 0.717) is 5.13 Å². The molecule has 4 rings (SSSR count). The molecule has 1 amide bonds. The Morgan fingerprint density at radius 1 is 1.08 bits per heavy atom. The summed E-state index contributed by atoms with van der Waals surface area (Å²) in [7, 11) is 0. The van der Waals surface area contributed by atoms with Gasteiger partial charge in [-0.3, -0.25) is 20.2 Å². The number of rotatable bonds is 3. The molecule has 0 saturated heterocycles. The molecule has 1 heterocycles. The first-order chi connectivity index (χ1) is 12.1. The van der Waals surface area contributed by atoms with E-state index in [1.165, 1.54) is 35.6 Å². The van der Waals surface area contributed by atoms with Gasteiger partial charge < -0.3 is 0 Å². The van der Waals surface area contributed by atoms with Crippen molar-refractivity contribution >= 4 is 49.1 Å². The molecule has 7 heteroatoms. The molecule has 0 saturated carbocycles. The van der Waals surface area contributed by atoms with Crippen LogP contribution in [0.5, 0.6) is 0 Å². The highest BCUT2D eigenvalue weighted by molar-refractivity contribution is 7.23. The van der Waals surface area contributed by atoms with Crippen molar-refractivity contribution in [1.82, 2.24) is 4.98 Å². The molecule has 1 aromatic heterocycles. The lowest BCUT2D eigenvalue weighted by molar-refractivity contribution is -0.384. The van der Waals surface area contributed by atoms with Crippen molar-refractivity contribution in [3.63, 3.8) is 0 Å². The number of nitrogens with one attached hydrogen (secondary N) is 1. The van der Waals surface area contributed by atoms with Gasteiger partial charge in [-0.25, -0.2) is 4.98 Å². The number of anilines is 1. The zero-order valence-electron chi connectivity index (χ0n) is 12.8. The third-order valence-electron chi connectivity index (χ3n) is 3.82. The average Bonchev–Trinajstić information content (AvgIpc) is 3.04. The highest BCUT2D eigenvalue weighted by Gasteiger charge is 2.14. The first kappa shape index (κ1) is 15.2. The van der Waals surface area contributed by atoms with Gasteiger partial charge in [0.1, 0.15) is 0 Å². The third kappa shape index (κ3) is 2.81. The van der Waals surface area contributed by atoms with Crippen LogP contribution in [-0.4, -0.2) is 15.8 Å². The molecule has 4 aromatic rings. The summed E-state index contributed by atoms with van der Waals surface area (Å²) in [4.78, 5) is 27.1. The topological polar surface area (TPSA) is 85.1 Å². The van der Waals surface area contributed by atoms with E-state index >= 15 is 0 Å². The van der Waals surface area contributed by atoms with Gasteiger partial charge in [-0.05, 0) is 17.5 Å². The Morgan fingerprint density at radius 2 is 1.92 bits per heavy atom. The summed E-state index contributed by atoms with van der Waals surface area (Å²) in [5, 5.41) is 16.2. The van der Waals surface area contributed by atoms with Crippen molar-refractivity contribution in [3.05, 3.63) is 76.3 Å². The normalized spacial score (nSPS) is 10.9. The Bertz CT molecular complexity index is 1140. The molecule has 0 atom stereocenters. The number of benzene rings is 3. The van der Waals surface area contributed by atoms with Crippen LogP contribution in [0.4, 0.5) is 10.8 Å². The summed E-state index contributed by atoms with van der Waals surface area (Å²) in [6.45, 7) is 0. The van der Waals surface area contributed by atoms with Crippen LogP contribution in [0.15, 0.2) is 60.7 Å². The van der Waals surface area contributed by atoms with E-state index in [0.717, 1.165) is 21.0 Å². The maximum absolute atomic E-state index is 12.4. The van der Waals surface area contributed by atoms with Crippen molar-refractivity contribution < 1.29 is 9.72 Å². The summed E-state index contributed by atoms with van der Waals surface area (Å²) in [5.41, 5.74) is 0.902. The van der Waals surface area contributed by atoms with E-state index in [4.69, 9.17) is 0 Å². The van der Waals surface area contributed by atoms with Gasteiger partial charge in [0.05, 0.1) is 15.1 Å². The zero-order valence-corrected chi connectivity index (χ0v) is 13.6. The maximum atomic E-state index is 12.4. The number of carbonyl (C=O) groups excluding carboxylic acids is 1. The minimum absolute atomic E-state index is 0.122. The molecule has 0 bridgehead atoms. The summed E-state index contributed by atoms with van der Waals surface area (Å²) >= 11 is 1.38. The molecule has 0 aliphatic rings. The Balaban J connectivity index is 1.68. The molecule has 1 N–H and O–H groups in total. The highest BCUT2D eigenvalue weighted by Crippen LogP contribution is 2.32.